The summed E-state index contributed by atoms with van der Waals surface area (Å²) in [5.41, 5.74) is 4.38. The summed E-state index contributed by atoms with van der Waals surface area (Å²) in [6, 6.07) is 15.1. The molecule has 3 aromatic carbocycles. The van der Waals surface area contributed by atoms with Crippen LogP contribution >= 0.6 is 0 Å². The summed E-state index contributed by atoms with van der Waals surface area (Å²) in [4.78, 5) is 29.5. The lowest BCUT2D eigenvalue weighted by molar-refractivity contribution is -0.127. The molecule has 2 N–H and O–H groups in total. The second-order valence-electron chi connectivity index (χ2n) is 9.87. The van der Waals surface area contributed by atoms with Crippen LogP contribution in [0.15, 0.2) is 60.7 Å². The summed E-state index contributed by atoms with van der Waals surface area (Å²) < 4.78 is 36.2. The van der Waals surface area contributed by atoms with Gasteiger partial charge in [0.15, 0.2) is 28.5 Å². The molecule has 1 aliphatic heterocycles. The molecule has 0 fully saturated rings. The van der Waals surface area contributed by atoms with Gasteiger partial charge < -0.3 is 24.7 Å². The summed E-state index contributed by atoms with van der Waals surface area (Å²) in [5.74, 6) is -0.113. The Kier molecular flexibility index (Phi) is 7.22. The first kappa shape index (κ1) is 26.8. The van der Waals surface area contributed by atoms with E-state index in [1.807, 2.05) is 0 Å². The van der Waals surface area contributed by atoms with Crippen molar-refractivity contribution >= 4 is 17.5 Å². The summed E-state index contributed by atoms with van der Waals surface area (Å²) >= 11 is 0. The molecule has 1 aliphatic rings. The number of anilines is 1. The van der Waals surface area contributed by atoms with Gasteiger partial charge in [-0.05, 0) is 53.4 Å². The van der Waals surface area contributed by atoms with Crippen LogP contribution in [0.25, 0.3) is 0 Å². The fraction of sp³-hybridized carbons (Fsp3) is 0.310. The fourth-order valence-electron chi connectivity index (χ4n) is 4.94. The Morgan fingerprint density at radius 2 is 1.50 bits per heavy atom. The minimum absolute atomic E-state index is 0.217. The molecular formula is C29H31FN2O6. The number of hydrogen-bond donors (Lipinski definition) is 1. The maximum Gasteiger partial charge on any atom is 0.259 e. The lowest BCUT2D eigenvalue weighted by atomic mass is 9.67. The number of hydrogen-bond acceptors (Lipinski definition) is 6. The molecule has 1 heterocycles. The fourth-order valence-corrected chi connectivity index (χ4v) is 4.94. The molecule has 3 aromatic rings. The standard InChI is InChI=1S/C29H31FN2O6/c1-28(2,3)29(27(31)34,19-7-9-20(30)10-8-19)32(21-11-13-23-25(17-21)38-15-14-37-23)26(33)18-6-12-22(35-4)24(16-18)36-5/h6-13,16-17H,14-15H2,1-5H3,(H2,31,34). The van der Waals surface area contributed by atoms with Crippen LogP contribution < -0.4 is 29.6 Å². The van der Waals surface area contributed by atoms with Crippen molar-refractivity contribution in [2.24, 2.45) is 11.1 Å². The molecule has 2 amide bonds. The molecule has 0 bridgehead atoms. The molecule has 1 atom stereocenters. The van der Waals surface area contributed by atoms with Crippen molar-refractivity contribution in [1.82, 2.24) is 0 Å². The first-order valence-electron chi connectivity index (χ1n) is 12.1. The van der Waals surface area contributed by atoms with Crippen LogP contribution in [0.5, 0.6) is 23.0 Å². The number of nitrogens with two attached hydrogens (primary N) is 1. The van der Waals surface area contributed by atoms with Gasteiger partial charge in [0.25, 0.3) is 5.91 Å². The molecule has 1 unspecified atom stereocenters. The van der Waals surface area contributed by atoms with Gasteiger partial charge in [0.2, 0.25) is 5.91 Å². The number of primary amides is 1. The van der Waals surface area contributed by atoms with Crippen molar-refractivity contribution in [3.05, 3.63) is 77.6 Å². The van der Waals surface area contributed by atoms with Crippen LogP contribution in [0.2, 0.25) is 0 Å². The summed E-state index contributed by atoms with van der Waals surface area (Å²) in [5, 5.41) is 0. The Hall–Kier alpha value is -4.27. The normalized spacial score (nSPS) is 14.3. The van der Waals surface area contributed by atoms with E-state index < -0.39 is 28.6 Å². The maximum absolute atomic E-state index is 14.5. The predicted molar refractivity (Wildman–Crippen MR) is 141 cm³/mol. The second-order valence-corrected chi connectivity index (χ2v) is 9.87. The van der Waals surface area contributed by atoms with Gasteiger partial charge in [0.1, 0.15) is 19.0 Å². The van der Waals surface area contributed by atoms with Gasteiger partial charge in [0, 0.05) is 17.3 Å². The van der Waals surface area contributed by atoms with E-state index in [-0.39, 0.29) is 5.56 Å². The van der Waals surface area contributed by atoms with Gasteiger partial charge in [-0.2, -0.15) is 0 Å². The molecule has 9 heteroatoms. The minimum Gasteiger partial charge on any atom is -0.493 e. The van der Waals surface area contributed by atoms with Gasteiger partial charge in [-0.3, -0.25) is 14.5 Å². The molecule has 0 saturated carbocycles. The van der Waals surface area contributed by atoms with Crippen molar-refractivity contribution in [3.8, 4) is 23.0 Å². The van der Waals surface area contributed by atoms with Gasteiger partial charge in [0.05, 0.1) is 14.2 Å². The summed E-state index contributed by atoms with van der Waals surface area (Å²) in [6.07, 6.45) is 0. The molecule has 38 heavy (non-hydrogen) atoms. The van der Waals surface area contributed by atoms with Gasteiger partial charge in [-0.25, -0.2) is 4.39 Å². The zero-order chi connectivity index (χ0) is 27.7. The van der Waals surface area contributed by atoms with E-state index in [0.717, 1.165) is 0 Å². The third-order valence-corrected chi connectivity index (χ3v) is 6.66. The van der Waals surface area contributed by atoms with E-state index in [1.54, 1.807) is 51.1 Å². The Morgan fingerprint density at radius 1 is 0.868 bits per heavy atom. The predicted octanol–water partition coefficient (Wildman–Crippen LogP) is 4.69. The highest BCUT2D eigenvalue weighted by Crippen LogP contribution is 2.49. The average Bonchev–Trinajstić information content (AvgIpc) is 2.90. The number of methoxy groups -OCH3 is 2. The van der Waals surface area contributed by atoms with Crippen molar-refractivity contribution in [2.75, 3.05) is 32.3 Å². The first-order valence-corrected chi connectivity index (χ1v) is 12.1. The number of ether oxygens (including phenoxy) is 4. The molecule has 200 valence electrons. The molecule has 8 nitrogen and oxygen atoms in total. The van der Waals surface area contributed by atoms with Crippen molar-refractivity contribution in [3.63, 3.8) is 0 Å². The van der Waals surface area contributed by atoms with Crippen LogP contribution in [0.4, 0.5) is 10.1 Å². The third-order valence-electron chi connectivity index (χ3n) is 6.66. The number of carbonyl (C=O) groups is 2. The number of amides is 2. The number of benzene rings is 3. The molecule has 4 rings (SSSR count). The molecular weight excluding hydrogens is 491 g/mol. The largest absolute Gasteiger partial charge is 0.493 e. The topological polar surface area (TPSA) is 100 Å². The number of carbonyl (C=O) groups excluding carboxylic acids is 2. The van der Waals surface area contributed by atoms with E-state index in [2.05, 4.69) is 0 Å². The van der Waals surface area contributed by atoms with E-state index in [9.17, 15) is 14.0 Å². The monoisotopic (exact) mass is 522 g/mol. The third kappa shape index (κ3) is 4.49. The van der Waals surface area contributed by atoms with Crippen molar-refractivity contribution in [1.29, 1.82) is 0 Å². The lowest BCUT2D eigenvalue weighted by Gasteiger charge is -2.50. The van der Waals surface area contributed by atoms with E-state index in [1.165, 1.54) is 49.5 Å². The Bertz CT molecular complexity index is 1350. The van der Waals surface area contributed by atoms with E-state index >= 15 is 0 Å². The number of rotatable bonds is 7. The number of nitrogens with zero attached hydrogens (tertiary/aromatic N) is 1. The highest BCUT2D eigenvalue weighted by molar-refractivity contribution is 6.12. The average molecular weight is 523 g/mol. The smallest absolute Gasteiger partial charge is 0.259 e. The molecule has 0 spiro atoms. The van der Waals surface area contributed by atoms with Crippen LogP contribution in [0, 0.1) is 11.2 Å². The number of fused-ring (bicyclic) bond motifs is 1. The Balaban J connectivity index is 2.04. The Morgan fingerprint density at radius 3 is 2.08 bits per heavy atom. The molecule has 0 aromatic heterocycles. The SMILES string of the molecule is COc1ccc(C(=O)N(c2ccc3c(c2)OCCO3)C(C(N)=O)(c2ccc(F)cc2)C(C)(C)C)cc1OC. The van der Waals surface area contributed by atoms with Crippen molar-refractivity contribution < 1.29 is 32.9 Å². The zero-order valence-electron chi connectivity index (χ0n) is 22.0. The Labute approximate surface area is 221 Å². The summed E-state index contributed by atoms with van der Waals surface area (Å²) in [7, 11) is 2.96. The number of halogens is 1. The van der Waals surface area contributed by atoms with Gasteiger partial charge in [-0.1, -0.05) is 32.9 Å². The molecule has 0 radical (unpaired) electrons. The van der Waals surface area contributed by atoms with Gasteiger partial charge in [-0.15, -0.1) is 0 Å². The quantitative estimate of drug-likeness (QED) is 0.483. The minimum atomic E-state index is -1.76. The molecule has 0 saturated heterocycles. The lowest BCUT2D eigenvalue weighted by Crippen LogP contribution is -2.64. The van der Waals surface area contributed by atoms with Gasteiger partial charge >= 0.3 is 0 Å². The second kappa shape index (κ2) is 10.2. The van der Waals surface area contributed by atoms with Crippen LogP contribution in [0.3, 0.4) is 0 Å². The van der Waals surface area contributed by atoms with Crippen LogP contribution in [0.1, 0.15) is 36.7 Å². The highest BCUT2D eigenvalue weighted by atomic mass is 19.1. The summed E-state index contributed by atoms with van der Waals surface area (Å²) in [6.45, 7) is 6.12. The highest BCUT2D eigenvalue weighted by Gasteiger charge is 2.56. The first-order chi connectivity index (χ1) is 18.0. The maximum atomic E-state index is 14.5. The van der Waals surface area contributed by atoms with E-state index in [4.69, 9.17) is 24.7 Å². The van der Waals surface area contributed by atoms with Crippen molar-refractivity contribution in [2.45, 2.75) is 26.3 Å². The zero-order valence-corrected chi connectivity index (χ0v) is 22.0. The molecule has 0 aliphatic carbocycles. The van der Waals surface area contributed by atoms with Crippen LogP contribution in [-0.4, -0.2) is 39.2 Å². The van der Waals surface area contributed by atoms with Crippen LogP contribution in [-0.2, 0) is 10.3 Å². The van der Waals surface area contributed by atoms with E-state index in [0.29, 0.717) is 47.5 Å².